The summed E-state index contributed by atoms with van der Waals surface area (Å²) in [5.41, 5.74) is 1.76. The van der Waals surface area contributed by atoms with Crippen molar-refractivity contribution in [3.05, 3.63) is 84.3 Å². The molecule has 0 spiro atoms. The van der Waals surface area contributed by atoms with Crippen molar-refractivity contribution in [2.75, 3.05) is 18.7 Å². The van der Waals surface area contributed by atoms with Gasteiger partial charge in [-0.2, -0.15) is 0 Å². The molecule has 2 amide bonds. The number of amides is 2. The lowest BCUT2D eigenvalue weighted by molar-refractivity contribution is 0.0635. The predicted molar refractivity (Wildman–Crippen MR) is 165 cm³/mol. The number of fused-ring (bicyclic) bond motifs is 3. The maximum Gasteiger partial charge on any atom is 0.413 e. The van der Waals surface area contributed by atoms with Crippen LogP contribution in [0.3, 0.4) is 0 Å². The van der Waals surface area contributed by atoms with Crippen molar-refractivity contribution in [1.29, 1.82) is 0 Å². The van der Waals surface area contributed by atoms with E-state index in [0.717, 1.165) is 22.4 Å². The van der Waals surface area contributed by atoms with Gasteiger partial charge in [0.25, 0.3) is 5.91 Å². The molecule has 0 aliphatic carbocycles. The lowest BCUT2D eigenvalue weighted by Gasteiger charge is -2.19. The fraction of sp³-hybridized carbons (Fsp3) is 0.226. The van der Waals surface area contributed by atoms with E-state index in [-0.39, 0.29) is 23.9 Å². The molecule has 43 heavy (non-hydrogen) atoms. The van der Waals surface area contributed by atoms with E-state index >= 15 is 0 Å². The zero-order chi connectivity index (χ0) is 30.9. The van der Waals surface area contributed by atoms with E-state index in [0.29, 0.717) is 22.2 Å². The fourth-order valence-corrected chi connectivity index (χ4v) is 5.41. The predicted octanol–water partition coefficient (Wildman–Crippen LogP) is 5.34. The second kappa shape index (κ2) is 11.4. The average Bonchev–Trinajstić information content (AvgIpc) is 3.25. The number of hydrogen-bond donors (Lipinski definition) is 2. The quantitative estimate of drug-likeness (QED) is 0.255. The van der Waals surface area contributed by atoms with E-state index < -0.39 is 27.6 Å². The SMILES string of the molecule is COc1ncccc1-c1c(C(=O)NS(C)(=O)=O)n(Cc2ccnc(NC(=O)OC(C)(C)C)c2)c2ccc3ccccc3c12. The third-order valence-corrected chi connectivity index (χ3v) is 7.03. The molecule has 3 aromatic heterocycles. The molecule has 0 bridgehead atoms. The highest BCUT2D eigenvalue weighted by atomic mass is 32.2. The molecule has 0 aliphatic heterocycles. The number of anilines is 1. The van der Waals surface area contributed by atoms with Crippen molar-refractivity contribution in [3.8, 4) is 17.0 Å². The Balaban J connectivity index is 1.76. The molecule has 0 fully saturated rings. The number of methoxy groups -OCH3 is 1. The molecule has 0 radical (unpaired) electrons. The summed E-state index contributed by atoms with van der Waals surface area (Å²) in [5, 5.41) is 5.15. The molecule has 0 aliphatic rings. The second-order valence-corrected chi connectivity index (χ2v) is 12.7. The van der Waals surface area contributed by atoms with Crippen molar-refractivity contribution in [2.24, 2.45) is 0 Å². The van der Waals surface area contributed by atoms with Crippen LogP contribution in [0.1, 0.15) is 36.8 Å². The minimum absolute atomic E-state index is 0.0986. The summed E-state index contributed by atoms with van der Waals surface area (Å²) in [7, 11) is -2.44. The first-order chi connectivity index (χ1) is 20.3. The van der Waals surface area contributed by atoms with Gasteiger partial charge in [-0.1, -0.05) is 30.3 Å². The molecule has 2 N–H and O–H groups in total. The summed E-state index contributed by atoms with van der Waals surface area (Å²) >= 11 is 0. The van der Waals surface area contributed by atoms with E-state index in [1.807, 2.05) is 36.4 Å². The van der Waals surface area contributed by atoms with Crippen LogP contribution in [0, 0.1) is 0 Å². The molecule has 12 heteroatoms. The van der Waals surface area contributed by atoms with Crippen LogP contribution < -0.4 is 14.8 Å². The lowest BCUT2D eigenvalue weighted by atomic mass is 9.98. The Bertz CT molecular complexity index is 1980. The first-order valence-electron chi connectivity index (χ1n) is 13.3. The van der Waals surface area contributed by atoms with E-state index in [1.54, 1.807) is 55.8 Å². The number of nitrogens with one attached hydrogen (secondary N) is 2. The molecule has 0 saturated carbocycles. The van der Waals surface area contributed by atoms with E-state index in [2.05, 4.69) is 20.0 Å². The summed E-state index contributed by atoms with van der Waals surface area (Å²) in [5.74, 6) is -0.287. The third-order valence-electron chi connectivity index (χ3n) is 6.48. The van der Waals surface area contributed by atoms with Gasteiger partial charge in [0.1, 0.15) is 17.1 Å². The maximum absolute atomic E-state index is 13.9. The molecule has 2 aromatic carbocycles. The van der Waals surface area contributed by atoms with Gasteiger partial charge >= 0.3 is 6.09 Å². The largest absolute Gasteiger partial charge is 0.481 e. The lowest BCUT2D eigenvalue weighted by Crippen LogP contribution is -2.31. The van der Waals surface area contributed by atoms with Crippen LogP contribution in [0.15, 0.2) is 73.1 Å². The van der Waals surface area contributed by atoms with Crippen molar-refractivity contribution < 1.29 is 27.5 Å². The summed E-state index contributed by atoms with van der Waals surface area (Å²) in [6, 6.07) is 18.5. The zero-order valence-electron chi connectivity index (χ0n) is 24.3. The van der Waals surface area contributed by atoms with E-state index in [1.165, 1.54) is 13.3 Å². The van der Waals surface area contributed by atoms with Gasteiger partial charge in [-0.3, -0.25) is 10.1 Å². The van der Waals surface area contributed by atoms with Crippen molar-refractivity contribution >= 4 is 49.5 Å². The summed E-state index contributed by atoms with van der Waals surface area (Å²) in [6.07, 6.45) is 3.38. The molecular formula is C31H31N5O6S. The van der Waals surface area contributed by atoms with Crippen LogP contribution in [0.4, 0.5) is 10.6 Å². The Labute approximate surface area is 248 Å². The van der Waals surface area contributed by atoms with Crippen LogP contribution in [0.2, 0.25) is 0 Å². The second-order valence-electron chi connectivity index (χ2n) is 10.9. The molecule has 3 heterocycles. The number of carbonyl (C=O) groups excluding carboxylic acids is 2. The van der Waals surface area contributed by atoms with Crippen LogP contribution in [-0.4, -0.2) is 53.9 Å². The highest BCUT2D eigenvalue weighted by molar-refractivity contribution is 7.89. The van der Waals surface area contributed by atoms with Gasteiger partial charge in [-0.25, -0.2) is 27.9 Å². The first kappa shape index (κ1) is 29.5. The van der Waals surface area contributed by atoms with Gasteiger partial charge in [0.15, 0.2) is 0 Å². The standard InChI is InChI=1S/C31H31N5O6S/c1-31(2,3)42-30(38)34-24-17-19(14-16-32-24)18-36-23-13-12-20-9-6-7-10-21(20)25(23)26(22-11-8-15-33-29(22)41-4)27(36)28(37)35-43(5,39)40/h6-17H,18H2,1-5H3,(H,35,37)(H,32,34,38). The molecular weight excluding hydrogens is 570 g/mol. The normalized spacial score (nSPS) is 11.8. The summed E-state index contributed by atoms with van der Waals surface area (Å²) < 4.78 is 39.4. The topological polar surface area (TPSA) is 142 Å². The van der Waals surface area contributed by atoms with Crippen molar-refractivity contribution in [3.63, 3.8) is 0 Å². The molecule has 222 valence electrons. The zero-order valence-corrected chi connectivity index (χ0v) is 25.2. The number of aromatic nitrogens is 3. The maximum atomic E-state index is 13.9. The van der Waals surface area contributed by atoms with Crippen molar-refractivity contribution in [2.45, 2.75) is 32.9 Å². The number of ether oxygens (including phenoxy) is 2. The van der Waals surface area contributed by atoms with Crippen LogP contribution in [0.5, 0.6) is 5.88 Å². The summed E-state index contributed by atoms with van der Waals surface area (Å²) in [4.78, 5) is 34.8. The molecule has 5 rings (SSSR count). The Morgan fingerprint density at radius 2 is 1.74 bits per heavy atom. The minimum atomic E-state index is -3.92. The fourth-order valence-electron chi connectivity index (χ4n) is 4.98. The number of carbonyl (C=O) groups is 2. The van der Waals surface area contributed by atoms with Crippen LogP contribution in [0.25, 0.3) is 32.8 Å². The number of benzene rings is 2. The monoisotopic (exact) mass is 601 g/mol. The molecule has 0 saturated heterocycles. The molecule has 11 nitrogen and oxygen atoms in total. The minimum Gasteiger partial charge on any atom is -0.481 e. The first-order valence-corrected chi connectivity index (χ1v) is 15.2. The third kappa shape index (κ3) is 6.44. The van der Waals surface area contributed by atoms with Gasteiger partial charge in [0, 0.05) is 35.5 Å². The van der Waals surface area contributed by atoms with Crippen molar-refractivity contribution in [1.82, 2.24) is 19.3 Å². The van der Waals surface area contributed by atoms with Gasteiger partial charge in [0.2, 0.25) is 15.9 Å². The Hall–Kier alpha value is -4.97. The van der Waals surface area contributed by atoms with E-state index in [9.17, 15) is 18.0 Å². The Morgan fingerprint density at radius 1 is 0.977 bits per heavy atom. The molecule has 5 aromatic rings. The Morgan fingerprint density at radius 3 is 2.47 bits per heavy atom. The molecule has 0 atom stereocenters. The number of pyridine rings is 2. The van der Waals surface area contributed by atoms with Gasteiger partial charge in [-0.15, -0.1) is 0 Å². The molecule has 0 unspecified atom stereocenters. The summed E-state index contributed by atoms with van der Waals surface area (Å²) in [6.45, 7) is 5.41. The van der Waals surface area contributed by atoms with E-state index in [4.69, 9.17) is 9.47 Å². The number of sulfonamides is 1. The number of hydrogen-bond acceptors (Lipinski definition) is 8. The highest BCUT2D eigenvalue weighted by Gasteiger charge is 2.29. The van der Waals surface area contributed by atoms with Gasteiger partial charge < -0.3 is 14.0 Å². The van der Waals surface area contributed by atoms with Gasteiger partial charge in [-0.05, 0) is 67.4 Å². The Kier molecular flexibility index (Phi) is 7.80. The highest BCUT2D eigenvalue weighted by Crippen LogP contribution is 2.42. The van der Waals surface area contributed by atoms with Crippen LogP contribution in [-0.2, 0) is 21.3 Å². The van der Waals surface area contributed by atoms with Crippen LogP contribution >= 0.6 is 0 Å². The number of nitrogens with zero attached hydrogens (tertiary/aromatic N) is 3. The number of rotatable bonds is 7. The van der Waals surface area contributed by atoms with Gasteiger partial charge in [0.05, 0.1) is 18.9 Å². The smallest absolute Gasteiger partial charge is 0.413 e. The average molecular weight is 602 g/mol.